The molecule has 0 aliphatic carbocycles. The molecule has 7 nitrogen and oxygen atoms in total. The number of carbonyl (C=O) groups is 2. The molecule has 0 aliphatic rings. The fourth-order valence-corrected chi connectivity index (χ4v) is 4.90. The van der Waals surface area contributed by atoms with Gasteiger partial charge in [-0.05, 0) is 50.3 Å². The Labute approximate surface area is 210 Å². The summed E-state index contributed by atoms with van der Waals surface area (Å²) >= 11 is 0. The van der Waals surface area contributed by atoms with Gasteiger partial charge in [0.25, 0.3) is 0 Å². The largest absolute Gasteiger partial charge is 0.352 e. The van der Waals surface area contributed by atoms with Gasteiger partial charge in [-0.2, -0.15) is 0 Å². The van der Waals surface area contributed by atoms with Crippen LogP contribution in [0.2, 0.25) is 0 Å². The van der Waals surface area contributed by atoms with E-state index in [1.165, 1.54) is 10.6 Å². The van der Waals surface area contributed by atoms with E-state index in [2.05, 4.69) is 5.32 Å². The summed E-state index contributed by atoms with van der Waals surface area (Å²) in [5.41, 5.74) is 1.66. The van der Waals surface area contributed by atoms with Crippen molar-refractivity contribution in [2.24, 2.45) is 0 Å². The van der Waals surface area contributed by atoms with Crippen molar-refractivity contribution in [3.05, 3.63) is 66.2 Å². The molecule has 2 atom stereocenters. The molecule has 0 saturated carbocycles. The molecule has 35 heavy (non-hydrogen) atoms. The van der Waals surface area contributed by atoms with E-state index in [0.717, 1.165) is 12.0 Å². The Bertz CT molecular complexity index is 1030. The quantitative estimate of drug-likeness (QED) is 0.424. The summed E-state index contributed by atoms with van der Waals surface area (Å²) in [4.78, 5) is 28.0. The SMILES string of the molecule is CCC(C)NC(=O)C(CC)N(CCc1ccccc1)C(=O)CCCN(c1ccccc1)S(C)(=O)=O. The van der Waals surface area contributed by atoms with Gasteiger partial charge in [-0.25, -0.2) is 8.42 Å². The van der Waals surface area contributed by atoms with E-state index in [1.54, 1.807) is 29.2 Å². The number of sulfonamides is 1. The molecule has 0 fully saturated rings. The third kappa shape index (κ3) is 9.02. The minimum absolute atomic E-state index is 0.0248. The number of rotatable bonds is 14. The van der Waals surface area contributed by atoms with Crippen LogP contribution in [0.3, 0.4) is 0 Å². The van der Waals surface area contributed by atoms with Crippen LogP contribution in [-0.4, -0.2) is 56.6 Å². The van der Waals surface area contributed by atoms with Crippen LogP contribution in [0.4, 0.5) is 5.69 Å². The third-order valence-electron chi connectivity index (χ3n) is 6.07. The third-order valence-corrected chi connectivity index (χ3v) is 7.26. The van der Waals surface area contributed by atoms with Gasteiger partial charge in [-0.3, -0.25) is 13.9 Å². The molecule has 0 radical (unpaired) electrons. The van der Waals surface area contributed by atoms with Crippen LogP contribution in [0, 0.1) is 0 Å². The minimum Gasteiger partial charge on any atom is -0.352 e. The van der Waals surface area contributed by atoms with E-state index in [1.807, 2.05) is 57.2 Å². The Kier molecular flexibility index (Phi) is 11.2. The molecule has 0 spiro atoms. The van der Waals surface area contributed by atoms with Gasteiger partial charge in [0.1, 0.15) is 6.04 Å². The van der Waals surface area contributed by atoms with Gasteiger partial charge < -0.3 is 10.2 Å². The average Bonchev–Trinajstić information content (AvgIpc) is 2.84. The zero-order valence-electron chi connectivity index (χ0n) is 21.3. The van der Waals surface area contributed by atoms with Crippen molar-refractivity contribution in [1.29, 1.82) is 0 Å². The monoisotopic (exact) mass is 501 g/mol. The van der Waals surface area contributed by atoms with E-state index in [9.17, 15) is 18.0 Å². The van der Waals surface area contributed by atoms with E-state index < -0.39 is 16.1 Å². The molecule has 2 aromatic carbocycles. The van der Waals surface area contributed by atoms with Crippen LogP contribution in [0.1, 0.15) is 52.0 Å². The van der Waals surface area contributed by atoms with Crippen molar-refractivity contribution >= 4 is 27.5 Å². The molecule has 0 aromatic heterocycles. The van der Waals surface area contributed by atoms with Crippen molar-refractivity contribution in [1.82, 2.24) is 10.2 Å². The molecule has 0 saturated heterocycles. The number of nitrogens with one attached hydrogen (secondary N) is 1. The molecular weight excluding hydrogens is 462 g/mol. The Morgan fingerprint density at radius 1 is 0.914 bits per heavy atom. The first-order valence-corrected chi connectivity index (χ1v) is 14.2. The molecule has 8 heteroatoms. The normalized spacial score (nSPS) is 13.0. The molecule has 2 aromatic rings. The summed E-state index contributed by atoms with van der Waals surface area (Å²) in [5, 5.41) is 3.01. The Morgan fingerprint density at radius 2 is 1.51 bits per heavy atom. The number of nitrogens with zero attached hydrogens (tertiary/aromatic N) is 2. The summed E-state index contributed by atoms with van der Waals surface area (Å²) in [6.07, 6.45) is 3.62. The van der Waals surface area contributed by atoms with E-state index >= 15 is 0 Å². The van der Waals surface area contributed by atoms with Crippen LogP contribution in [-0.2, 0) is 26.0 Å². The van der Waals surface area contributed by atoms with Gasteiger partial charge in [-0.15, -0.1) is 0 Å². The van der Waals surface area contributed by atoms with Crippen molar-refractivity contribution in [2.75, 3.05) is 23.7 Å². The lowest BCUT2D eigenvalue weighted by Crippen LogP contribution is -2.51. The number of anilines is 1. The second kappa shape index (κ2) is 13.9. The van der Waals surface area contributed by atoms with Crippen molar-refractivity contribution in [2.45, 2.75) is 65.0 Å². The van der Waals surface area contributed by atoms with Crippen LogP contribution >= 0.6 is 0 Å². The number of benzene rings is 2. The van der Waals surface area contributed by atoms with Crippen molar-refractivity contribution in [3.63, 3.8) is 0 Å². The van der Waals surface area contributed by atoms with Gasteiger partial charge in [0.15, 0.2) is 0 Å². The highest BCUT2D eigenvalue weighted by Gasteiger charge is 2.29. The molecule has 0 aliphatic heterocycles. The molecule has 2 unspecified atom stereocenters. The van der Waals surface area contributed by atoms with E-state index in [-0.39, 0.29) is 30.8 Å². The Morgan fingerprint density at radius 3 is 2.06 bits per heavy atom. The maximum absolute atomic E-state index is 13.4. The topological polar surface area (TPSA) is 86.8 Å². The molecule has 0 heterocycles. The standard InChI is InChI=1S/C27H39N3O4S/c1-5-22(3)28-27(32)25(6-2)29(21-19-23-14-9-7-10-15-23)26(31)18-13-20-30(35(4,33)34)24-16-11-8-12-17-24/h7-12,14-17,22,25H,5-6,13,18-21H2,1-4H3,(H,28,32). The summed E-state index contributed by atoms with van der Waals surface area (Å²) in [7, 11) is -3.49. The van der Waals surface area contributed by atoms with E-state index in [4.69, 9.17) is 0 Å². The van der Waals surface area contributed by atoms with Crippen LogP contribution in [0.5, 0.6) is 0 Å². The number of carbonyl (C=O) groups excluding carboxylic acids is 2. The first-order chi connectivity index (χ1) is 16.7. The summed E-state index contributed by atoms with van der Waals surface area (Å²) < 4.78 is 26.0. The zero-order valence-corrected chi connectivity index (χ0v) is 22.1. The Hall–Kier alpha value is -2.87. The van der Waals surface area contributed by atoms with Crippen LogP contribution in [0.25, 0.3) is 0 Å². The molecule has 2 amide bonds. The van der Waals surface area contributed by atoms with Crippen molar-refractivity contribution in [3.8, 4) is 0 Å². The maximum Gasteiger partial charge on any atom is 0.243 e. The molecule has 1 N–H and O–H groups in total. The second-order valence-corrected chi connectivity index (χ2v) is 10.7. The number of amides is 2. The van der Waals surface area contributed by atoms with E-state index in [0.29, 0.717) is 31.5 Å². The second-order valence-electron chi connectivity index (χ2n) is 8.84. The van der Waals surface area contributed by atoms with Crippen LogP contribution in [0.15, 0.2) is 60.7 Å². The fraction of sp³-hybridized carbons (Fsp3) is 0.481. The number of hydrogen-bond donors (Lipinski definition) is 1. The maximum atomic E-state index is 13.4. The lowest BCUT2D eigenvalue weighted by molar-refractivity contribution is -0.141. The lowest BCUT2D eigenvalue weighted by Gasteiger charge is -2.32. The van der Waals surface area contributed by atoms with Gasteiger partial charge in [0.05, 0.1) is 11.9 Å². The zero-order chi connectivity index (χ0) is 25.8. The molecule has 192 valence electrons. The summed E-state index contributed by atoms with van der Waals surface area (Å²) in [6.45, 7) is 6.47. The molecule has 2 rings (SSSR count). The highest BCUT2D eigenvalue weighted by atomic mass is 32.2. The Balaban J connectivity index is 2.14. The van der Waals surface area contributed by atoms with Gasteiger partial charge >= 0.3 is 0 Å². The highest BCUT2D eigenvalue weighted by Crippen LogP contribution is 2.18. The summed E-state index contributed by atoms with van der Waals surface area (Å²) in [5.74, 6) is -0.293. The predicted octanol–water partition coefficient (Wildman–Crippen LogP) is 4.00. The number of hydrogen-bond acceptors (Lipinski definition) is 4. The van der Waals surface area contributed by atoms with Gasteiger partial charge in [0, 0.05) is 25.6 Å². The summed E-state index contributed by atoms with van der Waals surface area (Å²) in [6, 6.07) is 18.2. The van der Waals surface area contributed by atoms with Crippen LogP contribution < -0.4 is 9.62 Å². The first kappa shape index (κ1) is 28.4. The first-order valence-electron chi connectivity index (χ1n) is 12.3. The molecular formula is C27H39N3O4S. The minimum atomic E-state index is -3.49. The number of para-hydroxylation sites is 1. The van der Waals surface area contributed by atoms with Gasteiger partial charge in [-0.1, -0.05) is 62.4 Å². The predicted molar refractivity (Wildman–Crippen MR) is 142 cm³/mol. The fourth-order valence-electron chi connectivity index (χ4n) is 3.94. The van der Waals surface area contributed by atoms with Crippen molar-refractivity contribution < 1.29 is 18.0 Å². The molecule has 0 bridgehead atoms. The average molecular weight is 502 g/mol. The van der Waals surface area contributed by atoms with Gasteiger partial charge in [0.2, 0.25) is 21.8 Å². The highest BCUT2D eigenvalue weighted by molar-refractivity contribution is 7.92. The smallest absolute Gasteiger partial charge is 0.243 e. The lowest BCUT2D eigenvalue weighted by atomic mass is 10.1.